The summed E-state index contributed by atoms with van der Waals surface area (Å²) in [6.45, 7) is 0.808. The van der Waals surface area contributed by atoms with Crippen LogP contribution in [0.3, 0.4) is 0 Å². The van der Waals surface area contributed by atoms with Gasteiger partial charge in [-0.05, 0) is 32.0 Å². The van der Waals surface area contributed by atoms with Gasteiger partial charge in [0.2, 0.25) is 5.78 Å². The van der Waals surface area contributed by atoms with Crippen molar-refractivity contribution in [1.82, 2.24) is 4.57 Å². The minimum absolute atomic E-state index is 0.00311. The first kappa shape index (κ1) is 21.4. The second-order valence-electron chi connectivity index (χ2n) is 5.91. The van der Waals surface area contributed by atoms with Gasteiger partial charge in [0, 0.05) is 23.0 Å². The lowest BCUT2D eigenvalue weighted by Crippen LogP contribution is -2.20. The fraction of sp³-hybridized carbons (Fsp3) is 0.294. The number of halogens is 4. The van der Waals surface area contributed by atoms with Crippen molar-refractivity contribution in [3.63, 3.8) is 0 Å². The first-order valence-electron chi connectivity index (χ1n) is 7.78. The number of ketones is 1. The van der Waals surface area contributed by atoms with E-state index in [0.29, 0.717) is 0 Å². The highest BCUT2D eigenvalue weighted by molar-refractivity contribution is 6.32. The molecule has 0 aliphatic heterocycles. The number of alkyl halides is 3. The monoisotopic (exact) mass is 418 g/mol. The number of esters is 1. The van der Waals surface area contributed by atoms with Crippen LogP contribution in [0, 0.1) is 24.0 Å². The van der Waals surface area contributed by atoms with E-state index in [-0.39, 0.29) is 27.5 Å². The lowest BCUT2D eigenvalue weighted by Gasteiger charge is -2.12. The molecule has 2 rings (SSSR count). The zero-order chi connectivity index (χ0) is 21.2. The van der Waals surface area contributed by atoms with Gasteiger partial charge in [-0.2, -0.15) is 13.2 Å². The topological polar surface area (TPSA) is 91.4 Å². The average molecular weight is 419 g/mol. The van der Waals surface area contributed by atoms with Crippen molar-refractivity contribution in [2.75, 3.05) is 6.61 Å². The van der Waals surface area contributed by atoms with Gasteiger partial charge in [0.15, 0.2) is 6.61 Å². The first-order valence-corrected chi connectivity index (χ1v) is 8.16. The molecule has 0 saturated carbocycles. The summed E-state index contributed by atoms with van der Waals surface area (Å²) in [5.74, 6) is -1.70. The molecule has 150 valence electrons. The number of hydrogen-bond donors (Lipinski definition) is 0. The van der Waals surface area contributed by atoms with Crippen LogP contribution in [0.2, 0.25) is 5.02 Å². The fourth-order valence-corrected chi connectivity index (χ4v) is 2.76. The number of Topliss-reactive ketones (excluding diaryl/α,β-unsaturated/α-hetero) is 1. The number of aryl methyl sites for hydroxylation is 1. The van der Waals surface area contributed by atoms with E-state index < -0.39 is 41.7 Å². The number of carbonyl (C=O) groups excluding carboxylic acids is 2. The van der Waals surface area contributed by atoms with Gasteiger partial charge in [-0.15, -0.1) is 0 Å². The van der Waals surface area contributed by atoms with Crippen LogP contribution in [0.5, 0.6) is 0 Å². The SMILES string of the molecule is Cc1cc(C(=O)COC(=O)c2ccc(Cl)c([N+](=O)[O-])c2)c(C)n1CC(F)(F)F. The van der Waals surface area contributed by atoms with E-state index in [1.165, 1.54) is 26.0 Å². The summed E-state index contributed by atoms with van der Waals surface area (Å²) >= 11 is 5.65. The van der Waals surface area contributed by atoms with Crippen LogP contribution in [0.25, 0.3) is 0 Å². The minimum atomic E-state index is -4.45. The second kappa shape index (κ2) is 8.01. The summed E-state index contributed by atoms with van der Waals surface area (Å²) in [5.41, 5.74) is -0.364. The van der Waals surface area contributed by atoms with E-state index in [1.807, 2.05) is 0 Å². The van der Waals surface area contributed by atoms with Gasteiger partial charge < -0.3 is 9.30 Å². The highest BCUT2D eigenvalue weighted by Gasteiger charge is 2.30. The third-order valence-corrected chi connectivity index (χ3v) is 4.24. The number of hydrogen-bond acceptors (Lipinski definition) is 5. The molecule has 0 aliphatic rings. The molecule has 0 amide bonds. The van der Waals surface area contributed by atoms with Crippen LogP contribution in [0.15, 0.2) is 24.3 Å². The van der Waals surface area contributed by atoms with Gasteiger partial charge in [-0.3, -0.25) is 14.9 Å². The van der Waals surface area contributed by atoms with Gasteiger partial charge in [-0.1, -0.05) is 11.6 Å². The van der Waals surface area contributed by atoms with Crippen LogP contribution >= 0.6 is 11.6 Å². The Morgan fingerprint density at radius 2 is 1.89 bits per heavy atom. The number of rotatable bonds is 6. The highest BCUT2D eigenvalue weighted by atomic mass is 35.5. The van der Waals surface area contributed by atoms with Crippen molar-refractivity contribution < 1.29 is 32.4 Å². The van der Waals surface area contributed by atoms with E-state index >= 15 is 0 Å². The predicted octanol–water partition coefficient (Wildman–Crippen LogP) is 4.27. The Labute approximate surface area is 161 Å². The van der Waals surface area contributed by atoms with E-state index in [2.05, 4.69) is 0 Å². The Bertz CT molecular complexity index is 953. The van der Waals surface area contributed by atoms with E-state index in [0.717, 1.165) is 16.7 Å². The van der Waals surface area contributed by atoms with Gasteiger partial charge >= 0.3 is 12.1 Å². The summed E-state index contributed by atoms with van der Waals surface area (Å²) < 4.78 is 43.7. The van der Waals surface area contributed by atoms with Crippen LogP contribution in [0.4, 0.5) is 18.9 Å². The number of ether oxygens (including phenoxy) is 1. The van der Waals surface area contributed by atoms with Crippen molar-refractivity contribution in [2.24, 2.45) is 0 Å². The molecule has 0 bridgehead atoms. The molecule has 0 fully saturated rings. The standard InChI is InChI=1S/C17H14ClF3N2O5/c1-9-5-12(10(2)22(9)8-17(19,20)21)15(24)7-28-16(25)11-3-4-13(18)14(6-11)23(26)27/h3-6H,7-8H2,1-2H3. The molecule has 11 heteroatoms. The normalized spacial score (nSPS) is 11.4. The third kappa shape index (κ3) is 4.89. The Kier molecular flexibility index (Phi) is 6.13. The zero-order valence-corrected chi connectivity index (χ0v) is 15.4. The number of aromatic nitrogens is 1. The summed E-state index contributed by atoms with van der Waals surface area (Å²) in [5, 5.41) is 10.7. The Balaban J connectivity index is 2.12. The summed E-state index contributed by atoms with van der Waals surface area (Å²) in [6, 6.07) is 4.52. The molecule has 1 heterocycles. The van der Waals surface area contributed by atoms with Crippen molar-refractivity contribution in [3.8, 4) is 0 Å². The molecule has 28 heavy (non-hydrogen) atoms. The van der Waals surface area contributed by atoms with Gasteiger partial charge in [0.05, 0.1) is 10.5 Å². The largest absolute Gasteiger partial charge is 0.454 e. The van der Waals surface area contributed by atoms with Gasteiger partial charge in [-0.25, -0.2) is 4.79 Å². The summed E-state index contributed by atoms with van der Waals surface area (Å²) in [7, 11) is 0. The molecule has 2 aromatic rings. The number of nitro benzene ring substituents is 1. The molecule has 0 spiro atoms. The molecule has 0 aliphatic carbocycles. The van der Waals surface area contributed by atoms with Crippen LogP contribution in [-0.2, 0) is 11.3 Å². The number of nitrogens with zero attached hydrogens (tertiary/aromatic N) is 2. The van der Waals surface area contributed by atoms with Gasteiger partial charge in [0.25, 0.3) is 5.69 Å². The minimum Gasteiger partial charge on any atom is -0.454 e. The van der Waals surface area contributed by atoms with E-state index in [9.17, 15) is 32.9 Å². The maximum absolute atomic E-state index is 12.6. The van der Waals surface area contributed by atoms with E-state index in [1.54, 1.807) is 0 Å². The second-order valence-corrected chi connectivity index (χ2v) is 6.32. The highest BCUT2D eigenvalue weighted by Crippen LogP contribution is 2.26. The third-order valence-electron chi connectivity index (χ3n) is 3.92. The molecule has 0 unspecified atom stereocenters. The molecule has 0 radical (unpaired) electrons. The van der Waals surface area contributed by atoms with Crippen molar-refractivity contribution in [2.45, 2.75) is 26.6 Å². The number of nitro groups is 1. The molecule has 0 N–H and O–H groups in total. The summed E-state index contributed by atoms with van der Waals surface area (Å²) in [4.78, 5) is 34.4. The van der Waals surface area contributed by atoms with Crippen molar-refractivity contribution in [3.05, 3.63) is 61.9 Å². The number of carbonyl (C=O) groups is 2. The van der Waals surface area contributed by atoms with Crippen molar-refractivity contribution in [1.29, 1.82) is 0 Å². The van der Waals surface area contributed by atoms with E-state index in [4.69, 9.17) is 16.3 Å². The first-order chi connectivity index (χ1) is 12.9. The quantitative estimate of drug-likeness (QED) is 0.302. The molecule has 0 atom stereocenters. The lowest BCUT2D eigenvalue weighted by atomic mass is 10.1. The molecular formula is C17H14ClF3N2O5. The average Bonchev–Trinajstić information content (AvgIpc) is 2.86. The predicted molar refractivity (Wildman–Crippen MR) is 92.7 cm³/mol. The Morgan fingerprint density at radius 1 is 1.25 bits per heavy atom. The smallest absolute Gasteiger partial charge is 0.406 e. The number of benzene rings is 1. The Morgan fingerprint density at radius 3 is 2.46 bits per heavy atom. The molecule has 7 nitrogen and oxygen atoms in total. The fourth-order valence-electron chi connectivity index (χ4n) is 2.58. The maximum atomic E-state index is 12.6. The molecule has 1 aromatic heterocycles. The molecule has 1 aromatic carbocycles. The molecule has 0 saturated heterocycles. The van der Waals surface area contributed by atoms with Crippen LogP contribution in [-0.4, -0.2) is 34.0 Å². The van der Waals surface area contributed by atoms with Crippen LogP contribution < -0.4 is 0 Å². The van der Waals surface area contributed by atoms with Crippen molar-refractivity contribution >= 4 is 29.0 Å². The zero-order valence-electron chi connectivity index (χ0n) is 14.7. The Hall–Kier alpha value is -2.88. The van der Waals surface area contributed by atoms with Crippen LogP contribution in [0.1, 0.15) is 32.1 Å². The summed E-state index contributed by atoms with van der Waals surface area (Å²) in [6.07, 6.45) is -4.45. The lowest BCUT2D eigenvalue weighted by molar-refractivity contribution is -0.384. The van der Waals surface area contributed by atoms with Gasteiger partial charge in [0.1, 0.15) is 11.6 Å². The maximum Gasteiger partial charge on any atom is 0.406 e. The molecular weight excluding hydrogens is 405 g/mol.